The fourth-order valence-corrected chi connectivity index (χ4v) is 1.61. The molecule has 0 heterocycles. The van der Waals surface area contributed by atoms with Gasteiger partial charge in [0.15, 0.2) is 0 Å². The number of hydrogen-bond donors (Lipinski definition) is 1. The van der Waals surface area contributed by atoms with Crippen molar-refractivity contribution in [3.05, 3.63) is 0 Å². The lowest BCUT2D eigenvalue weighted by Crippen LogP contribution is -2.38. The van der Waals surface area contributed by atoms with Gasteiger partial charge >= 0.3 is 0 Å². The van der Waals surface area contributed by atoms with Gasteiger partial charge in [-0.25, -0.2) is 0 Å². The molecule has 2 heteroatoms. The zero-order valence-electron chi connectivity index (χ0n) is 9.33. The Morgan fingerprint density at radius 1 is 1.31 bits per heavy atom. The van der Waals surface area contributed by atoms with Crippen molar-refractivity contribution in [3.63, 3.8) is 0 Å². The SMILES string of the molecule is CC(C)C(O)CN(C)C(C)C1CC1. The largest absolute Gasteiger partial charge is 0.392 e. The second-order valence-corrected chi connectivity index (χ2v) is 4.83. The molecule has 0 aromatic rings. The van der Waals surface area contributed by atoms with E-state index in [0.29, 0.717) is 12.0 Å². The van der Waals surface area contributed by atoms with Crippen LogP contribution in [0.15, 0.2) is 0 Å². The Morgan fingerprint density at radius 2 is 1.85 bits per heavy atom. The third-order valence-electron chi connectivity index (χ3n) is 3.24. The van der Waals surface area contributed by atoms with Gasteiger partial charge in [-0.1, -0.05) is 13.8 Å². The highest BCUT2D eigenvalue weighted by atomic mass is 16.3. The summed E-state index contributed by atoms with van der Waals surface area (Å²) in [6.45, 7) is 7.22. The first-order valence-electron chi connectivity index (χ1n) is 5.40. The molecule has 0 amide bonds. The van der Waals surface area contributed by atoms with Gasteiger partial charge in [0.2, 0.25) is 0 Å². The third-order valence-corrected chi connectivity index (χ3v) is 3.24. The zero-order valence-corrected chi connectivity index (χ0v) is 9.33. The van der Waals surface area contributed by atoms with Crippen molar-refractivity contribution in [2.24, 2.45) is 11.8 Å². The molecule has 1 fully saturated rings. The molecule has 2 atom stereocenters. The van der Waals surface area contributed by atoms with E-state index in [0.717, 1.165) is 12.5 Å². The maximum absolute atomic E-state index is 9.71. The Bertz CT molecular complexity index is 154. The molecule has 1 aliphatic carbocycles. The molecule has 0 bridgehead atoms. The Morgan fingerprint density at radius 3 is 2.23 bits per heavy atom. The monoisotopic (exact) mass is 185 g/mol. The molecule has 1 rings (SSSR count). The Labute approximate surface area is 81.9 Å². The Hall–Kier alpha value is -0.0800. The van der Waals surface area contributed by atoms with E-state index in [1.807, 2.05) is 0 Å². The number of likely N-dealkylation sites (N-methyl/N-ethyl adjacent to an activating group) is 1. The predicted molar refractivity (Wildman–Crippen MR) is 55.7 cm³/mol. The summed E-state index contributed by atoms with van der Waals surface area (Å²) in [5.41, 5.74) is 0. The lowest BCUT2D eigenvalue weighted by molar-refractivity contribution is 0.0691. The highest BCUT2D eigenvalue weighted by Gasteiger charge is 2.31. The van der Waals surface area contributed by atoms with Gasteiger partial charge < -0.3 is 10.0 Å². The van der Waals surface area contributed by atoms with E-state index in [9.17, 15) is 5.11 Å². The lowest BCUT2D eigenvalue weighted by Gasteiger charge is -2.28. The summed E-state index contributed by atoms with van der Waals surface area (Å²) in [6.07, 6.45) is 2.58. The van der Waals surface area contributed by atoms with E-state index in [4.69, 9.17) is 0 Å². The van der Waals surface area contributed by atoms with Crippen LogP contribution in [0.1, 0.15) is 33.6 Å². The van der Waals surface area contributed by atoms with E-state index in [1.165, 1.54) is 12.8 Å². The Balaban J connectivity index is 2.26. The summed E-state index contributed by atoms with van der Waals surface area (Å²) in [4.78, 5) is 2.29. The van der Waals surface area contributed by atoms with Crippen LogP contribution in [0.3, 0.4) is 0 Å². The maximum atomic E-state index is 9.71. The number of aliphatic hydroxyl groups is 1. The quantitative estimate of drug-likeness (QED) is 0.705. The van der Waals surface area contributed by atoms with Gasteiger partial charge in [-0.05, 0) is 38.6 Å². The van der Waals surface area contributed by atoms with Crippen molar-refractivity contribution >= 4 is 0 Å². The van der Waals surface area contributed by atoms with Gasteiger partial charge in [-0.15, -0.1) is 0 Å². The van der Waals surface area contributed by atoms with Crippen LogP contribution in [-0.4, -0.2) is 35.7 Å². The molecular formula is C11H23NO. The first-order valence-corrected chi connectivity index (χ1v) is 5.40. The van der Waals surface area contributed by atoms with Crippen LogP contribution in [-0.2, 0) is 0 Å². The molecule has 1 aliphatic rings. The summed E-state index contributed by atoms with van der Waals surface area (Å²) in [7, 11) is 2.12. The topological polar surface area (TPSA) is 23.5 Å². The first-order chi connectivity index (χ1) is 6.02. The first kappa shape index (κ1) is 11.0. The van der Waals surface area contributed by atoms with Crippen molar-refractivity contribution in [2.45, 2.75) is 45.8 Å². The van der Waals surface area contributed by atoms with Crippen LogP contribution in [0, 0.1) is 11.8 Å². The minimum atomic E-state index is -0.175. The van der Waals surface area contributed by atoms with E-state index < -0.39 is 0 Å². The fourth-order valence-electron chi connectivity index (χ4n) is 1.61. The van der Waals surface area contributed by atoms with Crippen molar-refractivity contribution in [2.75, 3.05) is 13.6 Å². The van der Waals surface area contributed by atoms with Crippen molar-refractivity contribution in [1.82, 2.24) is 4.90 Å². The normalized spacial score (nSPS) is 22.4. The van der Waals surface area contributed by atoms with Gasteiger partial charge in [-0.2, -0.15) is 0 Å². The summed E-state index contributed by atoms with van der Waals surface area (Å²) in [6, 6.07) is 0.647. The molecule has 0 aromatic heterocycles. The Kier molecular flexibility index (Phi) is 3.74. The molecule has 0 radical (unpaired) electrons. The van der Waals surface area contributed by atoms with E-state index in [-0.39, 0.29) is 6.10 Å². The van der Waals surface area contributed by atoms with E-state index in [2.05, 4.69) is 32.7 Å². The maximum Gasteiger partial charge on any atom is 0.0689 e. The van der Waals surface area contributed by atoms with Crippen molar-refractivity contribution < 1.29 is 5.11 Å². The molecule has 2 nitrogen and oxygen atoms in total. The third kappa shape index (κ3) is 3.28. The van der Waals surface area contributed by atoms with Crippen LogP contribution >= 0.6 is 0 Å². The molecule has 13 heavy (non-hydrogen) atoms. The molecule has 0 aliphatic heterocycles. The van der Waals surface area contributed by atoms with Gasteiger partial charge in [0.25, 0.3) is 0 Å². The molecule has 1 saturated carbocycles. The highest BCUT2D eigenvalue weighted by molar-refractivity contribution is 4.84. The van der Waals surface area contributed by atoms with Crippen LogP contribution in [0.25, 0.3) is 0 Å². The van der Waals surface area contributed by atoms with Gasteiger partial charge in [0, 0.05) is 12.6 Å². The second kappa shape index (κ2) is 4.43. The van der Waals surface area contributed by atoms with Crippen LogP contribution in [0.4, 0.5) is 0 Å². The van der Waals surface area contributed by atoms with E-state index in [1.54, 1.807) is 0 Å². The molecule has 2 unspecified atom stereocenters. The average molecular weight is 185 g/mol. The number of rotatable bonds is 5. The van der Waals surface area contributed by atoms with Gasteiger partial charge in [0.05, 0.1) is 6.10 Å². The summed E-state index contributed by atoms with van der Waals surface area (Å²) in [5, 5.41) is 9.71. The second-order valence-electron chi connectivity index (χ2n) is 4.83. The minimum Gasteiger partial charge on any atom is -0.392 e. The molecule has 1 N–H and O–H groups in total. The zero-order chi connectivity index (χ0) is 10.0. The van der Waals surface area contributed by atoms with E-state index >= 15 is 0 Å². The van der Waals surface area contributed by atoms with Gasteiger partial charge in [-0.3, -0.25) is 0 Å². The predicted octanol–water partition coefficient (Wildman–Crippen LogP) is 1.73. The molecular weight excluding hydrogens is 162 g/mol. The summed E-state index contributed by atoms with van der Waals surface area (Å²) in [5.74, 6) is 1.26. The molecule has 0 saturated heterocycles. The summed E-state index contributed by atoms with van der Waals surface area (Å²) < 4.78 is 0. The van der Waals surface area contributed by atoms with Crippen molar-refractivity contribution in [3.8, 4) is 0 Å². The van der Waals surface area contributed by atoms with Crippen molar-refractivity contribution in [1.29, 1.82) is 0 Å². The standard InChI is InChI=1S/C11H23NO/c1-8(2)11(13)7-12(4)9(3)10-5-6-10/h8-11,13H,5-7H2,1-4H3. The number of aliphatic hydroxyl groups excluding tert-OH is 1. The molecule has 0 spiro atoms. The van der Waals surface area contributed by atoms with Crippen LogP contribution < -0.4 is 0 Å². The average Bonchev–Trinajstić information content (AvgIpc) is 2.85. The number of nitrogens with zero attached hydrogens (tertiary/aromatic N) is 1. The summed E-state index contributed by atoms with van der Waals surface area (Å²) >= 11 is 0. The fraction of sp³-hybridized carbons (Fsp3) is 1.00. The molecule has 78 valence electrons. The smallest absolute Gasteiger partial charge is 0.0689 e. The van der Waals surface area contributed by atoms with Crippen LogP contribution in [0.5, 0.6) is 0 Å². The molecule has 0 aromatic carbocycles. The van der Waals surface area contributed by atoms with Crippen LogP contribution in [0.2, 0.25) is 0 Å². The lowest BCUT2D eigenvalue weighted by atomic mass is 10.1. The minimum absolute atomic E-state index is 0.175. The highest BCUT2D eigenvalue weighted by Crippen LogP contribution is 2.34. The number of hydrogen-bond acceptors (Lipinski definition) is 2. The van der Waals surface area contributed by atoms with Gasteiger partial charge in [0.1, 0.15) is 0 Å².